The van der Waals surface area contributed by atoms with E-state index in [-0.39, 0.29) is 11.3 Å². The molecule has 0 aliphatic heterocycles. The second-order valence-electron chi connectivity index (χ2n) is 4.91. The second kappa shape index (κ2) is 5.72. The van der Waals surface area contributed by atoms with Crippen LogP contribution >= 0.6 is 22.9 Å². The van der Waals surface area contributed by atoms with Gasteiger partial charge >= 0.3 is 0 Å². The molecule has 5 heteroatoms. The van der Waals surface area contributed by atoms with Gasteiger partial charge in [-0.2, -0.15) is 0 Å². The van der Waals surface area contributed by atoms with Gasteiger partial charge in [0.2, 0.25) is 0 Å². The highest BCUT2D eigenvalue weighted by atomic mass is 35.5. The quantitative estimate of drug-likeness (QED) is 0.877. The zero-order valence-corrected chi connectivity index (χ0v) is 12.4. The van der Waals surface area contributed by atoms with Gasteiger partial charge in [-0.3, -0.25) is 4.79 Å². The number of carbonyl (C=O) groups excluding carboxylic acids is 1. The molecular weight excluding hydrogens is 280 g/mol. The summed E-state index contributed by atoms with van der Waals surface area (Å²) in [6.45, 7) is 4.80. The lowest BCUT2D eigenvalue weighted by Gasteiger charge is -2.23. The van der Waals surface area contributed by atoms with Crippen LogP contribution in [-0.4, -0.2) is 17.4 Å². The van der Waals surface area contributed by atoms with Gasteiger partial charge < -0.3 is 5.32 Å². The highest BCUT2D eigenvalue weighted by Crippen LogP contribution is 2.26. The smallest absolute Gasteiger partial charge is 0.252 e. The molecule has 1 amide bonds. The van der Waals surface area contributed by atoms with Crippen LogP contribution in [0, 0.1) is 0 Å². The molecule has 0 aliphatic carbocycles. The van der Waals surface area contributed by atoms with Crippen molar-refractivity contribution in [2.75, 3.05) is 6.54 Å². The average molecular weight is 295 g/mol. The molecule has 100 valence electrons. The van der Waals surface area contributed by atoms with Gasteiger partial charge in [0.05, 0.1) is 5.56 Å². The maximum Gasteiger partial charge on any atom is 0.252 e. The van der Waals surface area contributed by atoms with Crippen molar-refractivity contribution in [3.63, 3.8) is 0 Å². The molecule has 3 nitrogen and oxygen atoms in total. The van der Waals surface area contributed by atoms with E-state index < -0.39 is 0 Å². The molecule has 1 N–H and O–H groups in total. The van der Waals surface area contributed by atoms with E-state index in [1.54, 1.807) is 23.5 Å². The third kappa shape index (κ3) is 3.55. The third-order valence-electron chi connectivity index (χ3n) is 2.87. The molecule has 2 aromatic heterocycles. The molecule has 0 radical (unpaired) electrons. The number of hydrogen-bond donors (Lipinski definition) is 1. The van der Waals surface area contributed by atoms with Gasteiger partial charge in [-0.05, 0) is 23.6 Å². The fourth-order valence-corrected chi connectivity index (χ4v) is 2.63. The van der Waals surface area contributed by atoms with Crippen LogP contribution in [-0.2, 0) is 5.41 Å². The molecule has 0 unspecified atom stereocenters. The van der Waals surface area contributed by atoms with Gasteiger partial charge in [0.1, 0.15) is 5.15 Å². The zero-order chi connectivity index (χ0) is 13.9. The highest BCUT2D eigenvalue weighted by molar-refractivity contribution is 7.10. The first-order chi connectivity index (χ1) is 8.99. The summed E-state index contributed by atoms with van der Waals surface area (Å²) < 4.78 is 0. The van der Waals surface area contributed by atoms with Gasteiger partial charge in [-0.1, -0.05) is 31.5 Å². The molecule has 0 atom stereocenters. The minimum Gasteiger partial charge on any atom is -0.351 e. The van der Waals surface area contributed by atoms with E-state index in [9.17, 15) is 4.79 Å². The fraction of sp³-hybridized carbons (Fsp3) is 0.286. The largest absolute Gasteiger partial charge is 0.351 e. The lowest BCUT2D eigenvalue weighted by Crippen LogP contribution is -2.36. The van der Waals surface area contributed by atoms with E-state index in [2.05, 4.69) is 30.2 Å². The van der Waals surface area contributed by atoms with Crippen molar-refractivity contribution in [1.29, 1.82) is 0 Å². The molecule has 2 heterocycles. The Kier molecular flexibility index (Phi) is 4.22. The van der Waals surface area contributed by atoms with Crippen LogP contribution in [0.15, 0.2) is 35.8 Å². The minimum atomic E-state index is -0.131. The van der Waals surface area contributed by atoms with Crippen molar-refractivity contribution in [2.24, 2.45) is 0 Å². The van der Waals surface area contributed by atoms with Gasteiger partial charge in [0.15, 0.2) is 0 Å². The maximum atomic E-state index is 12.0. The van der Waals surface area contributed by atoms with Crippen LogP contribution in [0.3, 0.4) is 0 Å². The standard InChI is InChI=1S/C14H15ClN2OS/c1-14(2,11-4-3-7-19-11)9-17-13(18)10-5-6-12(15)16-8-10/h3-8H,9H2,1-2H3,(H,17,18). The first-order valence-corrected chi connectivity index (χ1v) is 7.18. The molecule has 0 spiro atoms. The Bertz CT molecular complexity index is 549. The van der Waals surface area contributed by atoms with E-state index in [1.807, 2.05) is 11.4 Å². The van der Waals surface area contributed by atoms with E-state index in [1.165, 1.54) is 11.1 Å². The topological polar surface area (TPSA) is 42.0 Å². The number of pyridine rings is 1. The highest BCUT2D eigenvalue weighted by Gasteiger charge is 2.22. The van der Waals surface area contributed by atoms with Gasteiger partial charge in [0, 0.05) is 23.0 Å². The number of nitrogens with zero attached hydrogens (tertiary/aromatic N) is 1. The van der Waals surface area contributed by atoms with Crippen LogP contribution in [0.5, 0.6) is 0 Å². The summed E-state index contributed by atoms with van der Waals surface area (Å²) in [6.07, 6.45) is 1.48. The molecule has 2 aromatic rings. The van der Waals surface area contributed by atoms with Gasteiger partial charge in [-0.25, -0.2) is 4.98 Å². The van der Waals surface area contributed by atoms with Crippen LogP contribution < -0.4 is 5.32 Å². The number of halogens is 1. The molecule has 0 saturated heterocycles. The predicted molar refractivity (Wildman–Crippen MR) is 78.9 cm³/mol. The molecule has 0 saturated carbocycles. The molecule has 19 heavy (non-hydrogen) atoms. The predicted octanol–water partition coefficient (Wildman–Crippen LogP) is 3.50. The Morgan fingerprint density at radius 2 is 2.21 bits per heavy atom. The van der Waals surface area contributed by atoms with Gasteiger partial charge in [-0.15, -0.1) is 11.3 Å². The molecular formula is C14H15ClN2OS. The number of amides is 1. The summed E-state index contributed by atoms with van der Waals surface area (Å²) in [5.74, 6) is -0.131. The summed E-state index contributed by atoms with van der Waals surface area (Å²) in [4.78, 5) is 17.1. The number of rotatable bonds is 4. The fourth-order valence-electron chi connectivity index (χ4n) is 1.66. The second-order valence-corrected chi connectivity index (χ2v) is 6.25. The third-order valence-corrected chi connectivity index (χ3v) is 4.33. The van der Waals surface area contributed by atoms with E-state index in [4.69, 9.17) is 11.6 Å². The molecule has 0 aliphatic rings. The number of thiophene rings is 1. The van der Waals surface area contributed by atoms with E-state index in [0.29, 0.717) is 17.3 Å². The Labute approximate surface area is 121 Å². The summed E-state index contributed by atoms with van der Waals surface area (Å²) >= 11 is 7.39. The number of nitrogens with one attached hydrogen (secondary N) is 1. The Balaban J connectivity index is 1.99. The summed E-state index contributed by atoms with van der Waals surface area (Å²) in [5.41, 5.74) is 0.440. The van der Waals surface area contributed by atoms with Crippen molar-refractivity contribution in [3.8, 4) is 0 Å². The maximum absolute atomic E-state index is 12.0. The van der Waals surface area contributed by atoms with Crippen molar-refractivity contribution in [1.82, 2.24) is 10.3 Å². The summed E-state index contributed by atoms with van der Waals surface area (Å²) in [7, 11) is 0. The van der Waals surface area contributed by atoms with E-state index >= 15 is 0 Å². The number of aromatic nitrogens is 1. The van der Waals surface area contributed by atoms with Crippen molar-refractivity contribution >= 4 is 28.8 Å². The average Bonchev–Trinajstić information content (AvgIpc) is 2.91. The summed E-state index contributed by atoms with van der Waals surface area (Å²) in [5, 5.41) is 5.36. The van der Waals surface area contributed by atoms with Gasteiger partial charge in [0.25, 0.3) is 5.91 Å². The lowest BCUT2D eigenvalue weighted by molar-refractivity contribution is 0.0945. The van der Waals surface area contributed by atoms with Crippen LogP contribution in [0.2, 0.25) is 5.15 Å². The Morgan fingerprint density at radius 1 is 1.42 bits per heavy atom. The molecule has 0 aromatic carbocycles. The number of hydrogen-bond acceptors (Lipinski definition) is 3. The zero-order valence-electron chi connectivity index (χ0n) is 10.8. The Hall–Kier alpha value is -1.39. The summed E-state index contributed by atoms with van der Waals surface area (Å²) in [6, 6.07) is 7.39. The lowest BCUT2D eigenvalue weighted by atomic mass is 9.91. The molecule has 2 rings (SSSR count). The van der Waals surface area contributed by atoms with E-state index in [0.717, 1.165) is 0 Å². The normalized spacial score (nSPS) is 11.3. The molecule has 0 bridgehead atoms. The van der Waals surface area contributed by atoms with Crippen molar-refractivity contribution in [3.05, 3.63) is 51.4 Å². The Morgan fingerprint density at radius 3 is 2.79 bits per heavy atom. The minimum absolute atomic E-state index is 0.0797. The van der Waals surface area contributed by atoms with Crippen LogP contribution in [0.1, 0.15) is 29.1 Å². The van der Waals surface area contributed by atoms with Crippen molar-refractivity contribution < 1.29 is 4.79 Å². The first-order valence-electron chi connectivity index (χ1n) is 5.93. The van der Waals surface area contributed by atoms with Crippen molar-refractivity contribution in [2.45, 2.75) is 19.3 Å². The first kappa shape index (κ1) is 14.0. The number of carbonyl (C=O) groups is 1. The van der Waals surface area contributed by atoms with Crippen LogP contribution in [0.25, 0.3) is 0 Å². The monoisotopic (exact) mass is 294 g/mol. The SMILES string of the molecule is CC(C)(CNC(=O)c1ccc(Cl)nc1)c1cccs1. The molecule has 0 fully saturated rings. The van der Waals surface area contributed by atoms with Crippen LogP contribution in [0.4, 0.5) is 0 Å².